The molecular weight excluding hydrogens is 300 g/mol. The molecule has 0 aromatic heterocycles. The van der Waals surface area contributed by atoms with Crippen LogP contribution in [-0.4, -0.2) is 26.1 Å². The van der Waals surface area contributed by atoms with E-state index in [0.717, 1.165) is 31.8 Å². The first-order valence-electron chi connectivity index (χ1n) is 9.31. The highest BCUT2D eigenvalue weighted by atomic mass is 16.7. The minimum Gasteiger partial charge on any atom is -0.497 e. The topological polar surface area (TPSA) is 27.7 Å². The van der Waals surface area contributed by atoms with E-state index in [1.54, 1.807) is 12.7 Å². The Morgan fingerprint density at radius 1 is 1.12 bits per heavy atom. The molecule has 1 aliphatic heterocycles. The quantitative estimate of drug-likeness (QED) is 0.723. The largest absolute Gasteiger partial charge is 0.497 e. The Hall–Kier alpha value is -1.32. The van der Waals surface area contributed by atoms with E-state index in [2.05, 4.69) is 31.2 Å². The second-order valence-electron chi connectivity index (χ2n) is 8.02. The van der Waals surface area contributed by atoms with Crippen LogP contribution in [0.3, 0.4) is 0 Å². The molecular formula is C21H26O3. The van der Waals surface area contributed by atoms with Crippen LogP contribution in [0, 0.1) is 11.3 Å². The Morgan fingerprint density at radius 2 is 1.96 bits per heavy atom. The van der Waals surface area contributed by atoms with Gasteiger partial charge < -0.3 is 14.2 Å². The summed E-state index contributed by atoms with van der Waals surface area (Å²) < 4.78 is 17.8. The van der Waals surface area contributed by atoms with Crippen molar-refractivity contribution in [3.05, 3.63) is 41.0 Å². The third-order valence-corrected chi connectivity index (χ3v) is 7.20. The predicted molar refractivity (Wildman–Crippen MR) is 92.2 cm³/mol. The summed E-state index contributed by atoms with van der Waals surface area (Å²) in [5.74, 6) is 1.83. The van der Waals surface area contributed by atoms with Crippen molar-refractivity contribution in [2.24, 2.45) is 11.3 Å². The normalized spacial score (nSPS) is 36.0. The van der Waals surface area contributed by atoms with Crippen LogP contribution in [0.25, 0.3) is 0 Å². The second-order valence-corrected chi connectivity index (χ2v) is 8.02. The molecule has 128 valence electrons. The lowest BCUT2D eigenvalue weighted by molar-refractivity contribution is -0.227. The van der Waals surface area contributed by atoms with E-state index in [4.69, 9.17) is 14.2 Å². The highest BCUT2D eigenvalue weighted by Crippen LogP contribution is 2.65. The number of hydrogen-bond donors (Lipinski definition) is 0. The molecule has 0 bridgehead atoms. The van der Waals surface area contributed by atoms with Crippen LogP contribution in [0.1, 0.15) is 49.7 Å². The summed E-state index contributed by atoms with van der Waals surface area (Å²) in [5, 5.41) is 0. The Kier molecular flexibility index (Phi) is 3.18. The number of allylic oxidation sites excluding steroid dienone is 2. The maximum absolute atomic E-state index is 6.19. The third kappa shape index (κ3) is 1.80. The van der Waals surface area contributed by atoms with E-state index in [1.165, 1.54) is 30.4 Å². The Bertz CT molecular complexity index is 701. The van der Waals surface area contributed by atoms with Gasteiger partial charge in [-0.3, -0.25) is 0 Å². The van der Waals surface area contributed by atoms with Crippen LogP contribution in [0.2, 0.25) is 0 Å². The maximum atomic E-state index is 6.19. The van der Waals surface area contributed by atoms with Crippen molar-refractivity contribution in [3.8, 4) is 5.75 Å². The lowest BCUT2D eigenvalue weighted by Gasteiger charge is -2.49. The van der Waals surface area contributed by atoms with Gasteiger partial charge in [-0.15, -0.1) is 0 Å². The van der Waals surface area contributed by atoms with Crippen LogP contribution < -0.4 is 4.74 Å². The Morgan fingerprint density at radius 3 is 2.75 bits per heavy atom. The maximum Gasteiger partial charge on any atom is 0.174 e. The van der Waals surface area contributed by atoms with Gasteiger partial charge in [0.1, 0.15) is 5.75 Å². The Labute approximate surface area is 144 Å². The number of fused-ring (bicyclic) bond motifs is 6. The molecule has 5 rings (SSSR count). The van der Waals surface area contributed by atoms with Gasteiger partial charge in [0, 0.05) is 17.8 Å². The summed E-state index contributed by atoms with van der Waals surface area (Å²) in [7, 11) is 1.75. The van der Waals surface area contributed by atoms with Gasteiger partial charge in [0.2, 0.25) is 0 Å². The molecule has 3 nitrogen and oxygen atoms in total. The van der Waals surface area contributed by atoms with Crippen molar-refractivity contribution in [3.63, 3.8) is 0 Å². The zero-order valence-corrected chi connectivity index (χ0v) is 14.6. The summed E-state index contributed by atoms with van der Waals surface area (Å²) in [6, 6.07) is 6.63. The standard InChI is InChI=1S/C21H26O3/c1-20-9-7-17-16-6-4-15(22-2)13-14(16)3-5-18(17)19(20)8-10-21(20)23-11-12-24-21/h4-6,13,17,19H,3,7-12H2,1-2H3/t17-,19+,20+/m1/s1. The minimum atomic E-state index is -0.316. The second kappa shape index (κ2) is 5.09. The lowest BCUT2D eigenvalue weighted by atomic mass is 9.59. The molecule has 4 aliphatic rings. The number of rotatable bonds is 1. The molecule has 1 heterocycles. The number of hydrogen-bond acceptors (Lipinski definition) is 3. The van der Waals surface area contributed by atoms with Crippen molar-refractivity contribution < 1.29 is 14.2 Å². The van der Waals surface area contributed by atoms with Gasteiger partial charge in [-0.05, 0) is 54.9 Å². The van der Waals surface area contributed by atoms with Crippen LogP contribution >= 0.6 is 0 Å². The smallest absolute Gasteiger partial charge is 0.174 e. The van der Waals surface area contributed by atoms with Gasteiger partial charge in [0.25, 0.3) is 0 Å². The fourth-order valence-electron chi connectivity index (χ4n) is 5.96. The molecule has 3 heteroatoms. The third-order valence-electron chi connectivity index (χ3n) is 7.20. The van der Waals surface area contributed by atoms with E-state index in [0.29, 0.717) is 11.8 Å². The molecule has 24 heavy (non-hydrogen) atoms. The van der Waals surface area contributed by atoms with Gasteiger partial charge in [-0.25, -0.2) is 0 Å². The van der Waals surface area contributed by atoms with Crippen LogP contribution in [0.15, 0.2) is 29.8 Å². The van der Waals surface area contributed by atoms with E-state index in [9.17, 15) is 0 Å². The van der Waals surface area contributed by atoms with Gasteiger partial charge in [0.15, 0.2) is 5.79 Å². The SMILES string of the molecule is COc1ccc2c(c1)CC=C1[C@@H]2CC[C@@]2(C)[C@H]1CCC21OCCO1. The number of benzene rings is 1. The van der Waals surface area contributed by atoms with Crippen molar-refractivity contribution >= 4 is 0 Å². The molecule has 0 N–H and O–H groups in total. The van der Waals surface area contributed by atoms with Crippen molar-refractivity contribution in [1.29, 1.82) is 0 Å². The monoisotopic (exact) mass is 326 g/mol. The molecule has 3 fully saturated rings. The van der Waals surface area contributed by atoms with Crippen molar-refractivity contribution in [2.75, 3.05) is 20.3 Å². The van der Waals surface area contributed by atoms with Gasteiger partial charge in [0.05, 0.1) is 20.3 Å². The molecule has 1 aromatic carbocycles. The molecule has 1 spiro atoms. The van der Waals surface area contributed by atoms with Crippen LogP contribution in [-0.2, 0) is 15.9 Å². The van der Waals surface area contributed by atoms with E-state index < -0.39 is 0 Å². The average Bonchev–Trinajstić information content (AvgIpc) is 3.21. The number of methoxy groups -OCH3 is 1. The molecule has 1 aromatic rings. The first kappa shape index (κ1) is 15.0. The molecule has 0 unspecified atom stereocenters. The van der Waals surface area contributed by atoms with Crippen LogP contribution in [0.5, 0.6) is 5.75 Å². The zero-order valence-electron chi connectivity index (χ0n) is 14.6. The van der Waals surface area contributed by atoms with Gasteiger partial charge >= 0.3 is 0 Å². The fraction of sp³-hybridized carbons (Fsp3) is 0.619. The van der Waals surface area contributed by atoms with E-state index in [1.807, 2.05) is 0 Å². The molecule has 1 saturated heterocycles. The molecule has 3 atom stereocenters. The van der Waals surface area contributed by atoms with E-state index in [-0.39, 0.29) is 11.2 Å². The number of ether oxygens (including phenoxy) is 3. The van der Waals surface area contributed by atoms with E-state index >= 15 is 0 Å². The lowest BCUT2D eigenvalue weighted by Crippen LogP contribution is -2.49. The Balaban J connectivity index is 1.52. The first-order valence-corrected chi connectivity index (χ1v) is 9.31. The summed E-state index contributed by atoms with van der Waals surface area (Å²) in [6.07, 6.45) is 8.16. The van der Waals surface area contributed by atoms with Crippen LogP contribution in [0.4, 0.5) is 0 Å². The van der Waals surface area contributed by atoms with Gasteiger partial charge in [-0.1, -0.05) is 24.6 Å². The van der Waals surface area contributed by atoms with Crippen molar-refractivity contribution in [2.45, 2.75) is 50.7 Å². The summed E-state index contributed by atoms with van der Waals surface area (Å²) in [6.45, 7) is 3.93. The summed E-state index contributed by atoms with van der Waals surface area (Å²) >= 11 is 0. The predicted octanol–water partition coefficient (Wildman–Crippen LogP) is 4.21. The minimum absolute atomic E-state index is 0.135. The molecule has 2 saturated carbocycles. The van der Waals surface area contributed by atoms with Crippen molar-refractivity contribution in [1.82, 2.24) is 0 Å². The molecule has 3 aliphatic carbocycles. The average molecular weight is 326 g/mol. The zero-order chi connectivity index (χ0) is 16.4. The molecule has 0 radical (unpaired) electrons. The van der Waals surface area contributed by atoms with Gasteiger partial charge in [-0.2, -0.15) is 0 Å². The highest BCUT2D eigenvalue weighted by Gasteiger charge is 2.63. The first-order chi connectivity index (χ1) is 11.7. The summed E-state index contributed by atoms with van der Waals surface area (Å²) in [4.78, 5) is 0. The highest BCUT2D eigenvalue weighted by molar-refractivity contribution is 5.47. The molecule has 0 amide bonds. The summed E-state index contributed by atoms with van der Waals surface area (Å²) in [5.41, 5.74) is 4.74. The fourth-order valence-corrected chi connectivity index (χ4v) is 5.96.